The van der Waals surface area contributed by atoms with E-state index < -0.39 is 60.0 Å². The fourth-order valence-corrected chi connectivity index (χ4v) is 2.81. The maximum atomic E-state index is 13.5. The van der Waals surface area contributed by atoms with E-state index in [1.165, 1.54) is 25.1 Å². The van der Waals surface area contributed by atoms with Crippen molar-refractivity contribution < 1.29 is 42.6 Å². The van der Waals surface area contributed by atoms with Gasteiger partial charge in [-0.15, -0.1) is 0 Å². The molecular formula is C20H25FN2O8. The van der Waals surface area contributed by atoms with Crippen LogP contribution in [0, 0.1) is 11.7 Å². The van der Waals surface area contributed by atoms with Crippen LogP contribution in [0.25, 0.3) is 0 Å². The zero-order valence-corrected chi connectivity index (χ0v) is 17.6. The molecule has 0 bridgehead atoms. The van der Waals surface area contributed by atoms with Crippen LogP contribution >= 0.6 is 0 Å². The summed E-state index contributed by atoms with van der Waals surface area (Å²) in [6.45, 7) is 1.18. The van der Waals surface area contributed by atoms with Gasteiger partial charge in [0, 0.05) is 13.3 Å². The number of hydrogen-bond donors (Lipinski definition) is 2. The number of methoxy groups -OCH3 is 3. The quantitative estimate of drug-likeness (QED) is 0.380. The molecule has 2 amide bonds. The number of nitrogens with one attached hydrogen (secondary N) is 2. The molecule has 0 saturated carbocycles. The standard InChI is InChI=1S/C20H25FN2O8/c1-11(24)22-15(9-12-6-5-7-13(21)8-12)18(26)23-17(20(28)31-4)14(19(27)30-3)10-16(25)29-2/h5-8,14-15,17H,9-10H2,1-4H3,(H,22,24)(H,23,26)/t14-,15-,17-/m1/s1. The van der Waals surface area contributed by atoms with Gasteiger partial charge in [0.15, 0.2) is 0 Å². The number of carbonyl (C=O) groups is 5. The molecule has 3 atom stereocenters. The molecular weight excluding hydrogens is 415 g/mol. The lowest BCUT2D eigenvalue weighted by Gasteiger charge is -2.26. The Bertz CT molecular complexity index is 829. The summed E-state index contributed by atoms with van der Waals surface area (Å²) in [5, 5.41) is 4.73. The SMILES string of the molecule is COC(=O)C[C@@H](C(=O)OC)[C@@H](NC(=O)[C@@H](Cc1cccc(F)c1)NC(C)=O)C(=O)OC. The second-order valence-corrected chi connectivity index (χ2v) is 6.51. The van der Waals surface area contributed by atoms with Crippen LogP contribution in [0.5, 0.6) is 0 Å². The van der Waals surface area contributed by atoms with E-state index in [1.807, 2.05) is 0 Å². The summed E-state index contributed by atoms with van der Waals surface area (Å²) in [6.07, 6.45) is -0.672. The summed E-state index contributed by atoms with van der Waals surface area (Å²) in [4.78, 5) is 60.6. The number of carbonyl (C=O) groups excluding carboxylic acids is 5. The highest BCUT2D eigenvalue weighted by Gasteiger charge is 2.39. The minimum absolute atomic E-state index is 0.100. The smallest absolute Gasteiger partial charge is 0.329 e. The molecule has 0 aliphatic carbocycles. The molecule has 1 rings (SSSR count). The number of hydrogen-bond acceptors (Lipinski definition) is 8. The van der Waals surface area contributed by atoms with Crippen LogP contribution in [0.2, 0.25) is 0 Å². The number of amides is 2. The molecule has 0 aliphatic heterocycles. The number of esters is 3. The highest BCUT2D eigenvalue weighted by Crippen LogP contribution is 2.15. The largest absolute Gasteiger partial charge is 0.469 e. The third kappa shape index (κ3) is 8.03. The molecule has 2 N–H and O–H groups in total. The van der Waals surface area contributed by atoms with Crippen LogP contribution in [-0.2, 0) is 44.6 Å². The van der Waals surface area contributed by atoms with Gasteiger partial charge in [-0.05, 0) is 17.7 Å². The van der Waals surface area contributed by atoms with Gasteiger partial charge in [-0.3, -0.25) is 19.2 Å². The number of benzene rings is 1. The van der Waals surface area contributed by atoms with Crippen molar-refractivity contribution in [2.24, 2.45) is 5.92 Å². The van der Waals surface area contributed by atoms with Crippen molar-refractivity contribution in [1.29, 1.82) is 0 Å². The maximum absolute atomic E-state index is 13.5. The van der Waals surface area contributed by atoms with E-state index in [1.54, 1.807) is 6.07 Å². The normalized spacial score (nSPS) is 13.2. The van der Waals surface area contributed by atoms with Crippen LogP contribution in [0.4, 0.5) is 4.39 Å². The molecule has 0 heterocycles. The summed E-state index contributed by atoms with van der Waals surface area (Å²) >= 11 is 0. The minimum atomic E-state index is -1.60. The van der Waals surface area contributed by atoms with Gasteiger partial charge in [-0.1, -0.05) is 12.1 Å². The Kier molecular flexibility index (Phi) is 10.1. The van der Waals surface area contributed by atoms with E-state index in [-0.39, 0.29) is 6.42 Å². The van der Waals surface area contributed by atoms with Crippen LogP contribution in [0.15, 0.2) is 24.3 Å². The first-order chi connectivity index (χ1) is 14.6. The second-order valence-electron chi connectivity index (χ2n) is 6.51. The molecule has 1 aromatic carbocycles. The van der Waals surface area contributed by atoms with Crippen LogP contribution < -0.4 is 10.6 Å². The molecule has 0 spiro atoms. The molecule has 10 nitrogen and oxygen atoms in total. The Morgan fingerprint density at radius 2 is 1.61 bits per heavy atom. The highest BCUT2D eigenvalue weighted by atomic mass is 19.1. The third-order valence-electron chi connectivity index (χ3n) is 4.30. The van der Waals surface area contributed by atoms with Crippen LogP contribution in [0.1, 0.15) is 18.9 Å². The monoisotopic (exact) mass is 440 g/mol. The summed E-state index contributed by atoms with van der Waals surface area (Å²) in [5.74, 6) is -6.17. The lowest BCUT2D eigenvalue weighted by atomic mass is 9.95. The Morgan fingerprint density at radius 3 is 2.13 bits per heavy atom. The van der Waals surface area contributed by atoms with Gasteiger partial charge >= 0.3 is 17.9 Å². The first kappa shape index (κ1) is 25.5. The van der Waals surface area contributed by atoms with Gasteiger partial charge < -0.3 is 24.8 Å². The average Bonchev–Trinajstić information content (AvgIpc) is 2.73. The van der Waals surface area contributed by atoms with Gasteiger partial charge in [0.05, 0.1) is 33.7 Å². The van der Waals surface area contributed by atoms with Crippen molar-refractivity contribution in [2.45, 2.75) is 31.8 Å². The molecule has 0 unspecified atom stereocenters. The molecule has 0 radical (unpaired) electrons. The van der Waals surface area contributed by atoms with Gasteiger partial charge in [-0.2, -0.15) is 0 Å². The Labute approximate surface area is 178 Å². The van der Waals surface area contributed by atoms with E-state index in [0.717, 1.165) is 21.3 Å². The molecule has 0 fully saturated rings. The third-order valence-corrected chi connectivity index (χ3v) is 4.30. The zero-order chi connectivity index (χ0) is 23.6. The van der Waals surface area contributed by atoms with Crippen LogP contribution in [0.3, 0.4) is 0 Å². The van der Waals surface area contributed by atoms with Crippen molar-refractivity contribution in [1.82, 2.24) is 10.6 Å². The number of ether oxygens (including phenoxy) is 3. The van der Waals surface area contributed by atoms with Gasteiger partial charge in [0.2, 0.25) is 11.8 Å². The van der Waals surface area contributed by atoms with E-state index in [2.05, 4.69) is 24.8 Å². The van der Waals surface area contributed by atoms with Gasteiger partial charge in [0.1, 0.15) is 17.9 Å². The fraction of sp³-hybridized carbons (Fsp3) is 0.450. The van der Waals surface area contributed by atoms with Gasteiger partial charge in [-0.25, -0.2) is 9.18 Å². The molecule has 0 aliphatic rings. The second kappa shape index (κ2) is 12.3. The first-order valence-corrected chi connectivity index (χ1v) is 9.17. The lowest BCUT2D eigenvalue weighted by Crippen LogP contribution is -2.56. The molecule has 1 aromatic rings. The summed E-state index contributed by atoms with van der Waals surface area (Å²) in [6, 6.07) is 2.59. The molecule has 11 heteroatoms. The summed E-state index contributed by atoms with van der Waals surface area (Å²) in [7, 11) is 3.17. The van der Waals surface area contributed by atoms with Crippen molar-refractivity contribution >= 4 is 29.7 Å². The van der Waals surface area contributed by atoms with E-state index >= 15 is 0 Å². The number of rotatable bonds is 10. The predicted octanol–water partition coefficient (Wildman–Crippen LogP) is -0.117. The average molecular weight is 440 g/mol. The van der Waals surface area contributed by atoms with E-state index in [4.69, 9.17) is 0 Å². The Hall–Kier alpha value is -3.50. The van der Waals surface area contributed by atoms with Crippen LogP contribution in [-0.4, -0.2) is 63.1 Å². The Morgan fingerprint density at radius 1 is 0.968 bits per heavy atom. The van der Waals surface area contributed by atoms with Crippen molar-refractivity contribution in [3.63, 3.8) is 0 Å². The first-order valence-electron chi connectivity index (χ1n) is 9.17. The maximum Gasteiger partial charge on any atom is 0.329 e. The van der Waals surface area contributed by atoms with Crippen molar-refractivity contribution in [2.75, 3.05) is 21.3 Å². The topological polar surface area (TPSA) is 137 Å². The van der Waals surface area contributed by atoms with E-state index in [0.29, 0.717) is 5.56 Å². The molecule has 0 aromatic heterocycles. The fourth-order valence-electron chi connectivity index (χ4n) is 2.81. The van der Waals surface area contributed by atoms with Gasteiger partial charge in [0.25, 0.3) is 0 Å². The zero-order valence-electron chi connectivity index (χ0n) is 17.6. The summed E-state index contributed by atoms with van der Waals surface area (Å²) < 4.78 is 27.3. The molecule has 0 saturated heterocycles. The van der Waals surface area contributed by atoms with Crippen molar-refractivity contribution in [3.8, 4) is 0 Å². The number of halogens is 1. The Balaban J connectivity index is 3.18. The predicted molar refractivity (Wildman–Crippen MR) is 104 cm³/mol. The minimum Gasteiger partial charge on any atom is -0.469 e. The lowest BCUT2D eigenvalue weighted by molar-refractivity contribution is -0.159. The van der Waals surface area contributed by atoms with Crippen molar-refractivity contribution in [3.05, 3.63) is 35.6 Å². The molecule has 170 valence electrons. The van der Waals surface area contributed by atoms with E-state index in [9.17, 15) is 28.4 Å². The summed E-state index contributed by atoms with van der Waals surface area (Å²) in [5.41, 5.74) is 0.405. The highest BCUT2D eigenvalue weighted by molar-refractivity contribution is 5.94. The molecule has 31 heavy (non-hydrogen) atoms.